The molecule has 1 fully saturated rings. The zero-order valence-electron chi connectivity index (χ0n) is 17.3. The van der Waals surface area contributed by atoms with E-state index in [1.807, 2.05) is 24.0 Å². The van der Waals surface area contributed by atoms with Crippen molar-refractivity contribution in [1.29, 1.82) is 0 Å². The van der Waals surface area contributed by atoms with Crippen LogP contribution in [0.3, 0.4) is 0 Å². The number of aryl methyl sites for hydroxylation is 1. The van der Waals surface area contributed by atoms with E-state index < -0.39 is 0 Å². The number of carbonyl (C=O) groups excluding carboxylic acids is 1. The number of rotatable bonds is 5. The van der Waals surface area contributed by atoms with Crippen LogP contribution in [0.15, 0.2) is 24.3 Å². The van der Waals surface area contributed by atoms with Crippen molar-refractivity contribution in [3.8, 4) is 0 Å². The molecule has 3 rings (SSSR count). The van der Waals surface area contributed by atoms with Crippen LogP contribution in [0.25, 0.3) is 0 Å². The largest absolute Gasteiger partial charge is 0.336 e. The van der Waals surface area contributed by atoms with E-state index in [9.17, 15) is 9.18 Å². The Morgan fingerprint density at radius 2 is 2.00 bits per heavy atom. The normalized spacial score (nSPS) is 18.5. The summed E-state index contributed by atoms with van der Waals surface area (Å²) in [4.78, 5) is 17.5. The van der Waals surface area contributed by atoms with Gasteiger partial charge in [0.05, 0.1) is 0 Å². The molecule has 1 aromatic heterocycles. The maximum atomic E-state index is 13.2. The van der Waals surface area contributed by atoms with Crippen molar-refractivity contribution in [3.63, 3.8) is 0 Å². The average Bonchev–Trinajstić information content (AvgIpc) is 2.91. The van der Waals surface area contributed by atoms with E-state index in [1.165, 1.54) is 12.1 Å². The fourth-order valence-electron chi connectivity index (χ4n) is 4.04. The van der Waals surface area contributed by atoms with Gasteiger partial charge in [-0.3, -0.25) is 14.8 Å². The second-order valence-corrected chi connectivity index (χ2v) is 8.04. The summed E-state index contributed by atoms with van der Waals surface area (Å²) in [5.74, 6) is 0.209. The van der Waals surface area contributed by atoms with Crippen molar-refractivity contribution in [3.05, 3.63) is 52.6 Å². The van der Waals surface area contributed by atoms with Gasteiger partial charge in [0.2, 0.25) is 0 Å². The Morgan fingerprint density at radius 1 is 1.29 bits per heavy atom. The van der Waals surface area contributed by atoms with Gasteiger partial charge in [0, 0.05) is 43.5 Å². The first-order valence-electron chi connectivity index (χ1n) is 10.2. The van der Waals surface area contributed by atoms with Gasteiger partial charge in [0.25, 0.3) is 5.91 Å². The van der Waals surface area contributed by atoms with Crippen LogP contribution in [0.1, 0.15) is 54.5 Å². The van der Waals surface area contributed by atoms with Gasteiger partial charge in [-0.1, -0.05) is 32.9 Å². The molecule has 0 bridgehead atoms. The lowest BCUT2D eigenvalue weighted by molar-refractivity contribution is 0.0696. The SMILES string of the molecule is CCc1[nH]nc(C(=O)N2CCCN(Cc3ccc(F)cc3)C(C(C)C)C2)c1C. The molecule has 1 unspecified atom stereocenters. The van der Waals surface area contributed by atoms with E-state index in [2.05, 4.69) is 35.9 Å². The predicted octanol–water partition coefficient (Wildman–Crippen LogP) is 3.79. The Balaban J connectivity index is 1.77. The molecule has 1 amide bonds. The molecule has 1 aliphatic rings. The summed E-state index contributed by atoms with van der Waals surface area (Å²) in [6.45, 7) is 11.5. The fourth-order valence-corrected chi connectivity index (χ4v) is 4.04. The van der Waals surface area contributed by atoms with Gasteiger partial charge in [-0.25, -0.2) is 4.39 Å². The van der Waals surface area contributed by atoms with Crippen LogP contribution in [0.2, 0.25) is 0 Å². The lowest BCUT2D eigenvalue weighted by atomic mass is 10.0. The van der Waals surface area contributed by atoms with E-state index in [4.69, 9.17) is 0 Å². The highest BCUT2D eigenvalue weighted by molar-refractivity contribution is 5.94. The maximum absolute atomic E-state index is 13.2. The number of nitrogens with one attached hydrogen (secondary N) is 1. The Kier molecular flexibility index (Phi) is 6.50. The Morgan fingerprint density at radius 3 is 2.61 bits per heavy atom. The zero-order chi connectivity index (χ0) is 20.3. The first kappa shape index (κ1) is 20.5. The van der Waals surface area contributed by atoms with E-state index >= 15 is 0 Å². The number of aromatic nitrogens is 2. The molecule has 6 heteroatoms. The van der Waals surface area contributed by atoms with Crippen LogP contribution < -0.4 is 0 Å². The van der Waals surface area contributed by atoms with Gasteiger partial charge in [-0.15, -0.1) is 0 Å². The zero-order valence-corrected chi connectivity index (χ0v) is 17.3. The molecule has 28 heavy (non-hydrogen) atoms. The lowest BCUT2D eigenvalue weighted by Gasteiger charge is -2.34. The molecular formula is C22H31FN4O. The molecule has 5 nitrogen and oxygen atoms in total. The molecule has 2 aromatic rings. The van der Waals surface area contributed by atoms with Gasteiger partial charge in [-0.2, -0.15) is 5.10 Å². The number of hydrogen-bond donors (Lipinski definition) is 1. The third-order valence-corrected chi connectivity index (χ3v) is 5.77. The van der Waals surface area contributed by atoms with E-state index in [-0.39, 0.29) is 17.8 Å². The van der Waals surface area contributed by atoms with Crippen molar-refractivity contribution in [1.82, 2.24) is 20.0 Å². The van der Waals surface area contributed by atoms with Gasteiger partial charge in [0.1, 0.15) is 5.82 Å². The summed E-state index contributed by atoms with van der Waals surface area (Å²) in [5, 5.41) is 7.29. The fraction of sp³-hybridized carbons (Fsp3) is 0.545. The average molecular weight is 387 g/mol. The quantitative estimate of drug-likeness (QED) is 0.851. The minimum absolute atomic E-state index is 0.0164. The van der Waals surface area contributed by atoms with Gasteiger partial charge < -0.3 is 4.90 Å². The van der Waals surface area contributed by atoms with Gasteiger partial charge in [-0.05, 0) is 43.4 Å². The third-order valence-electron chi connectivity index (χ3n) is 5.77. The summed E-state index contributed by atoms with van der Waals surface area (Å²) >= 11 is 0. The number of amides is 1. The molecule has 0 radical (unpaired) electrons. The van der Waals surface area contributed by atoms with Crippen LogP contribution >= 0.6 is 0 Å². The predicted molar refractivity (Wildman–Crippen MR) is 109 cm³/mol. The summed E-state index contributed by atoms with van der Waals surface area (Å²) in [5.41, 5.74) is 3.63. The molecule has 1 saturated heterocycles. The van der Waals surface area contributed by atoms with Crippen LogP contribution in [-0.4, -0.2) is 51.6 Å². The minimum atomic E-state index is -0.211. The van der Waals surface area contributed by atoms with Crippen LogP contribution in [0.5, 0.6) is 0 Å². The number of carbonyl (C=O) groups is 1. The molecule has 0 saturated carbocycles. The van der Waals surface area contributed by atoms with Crippen molar-refractivity contribution in [2.75, 3.05) is 19.6 Å². The maximum Gasteiger partial charge on any atom is 0.274 e. The number of benzene rings is 1. The molecule has 152 valence electrons. The Labute approximate surface area is 166 Å². The van der Waals surface area contributed by atoms with Gasteiger partial charge >= 0.3 is 0 Å². The molecular weight excluding hydrogens is 355 g/mol. The number of aromatic amines is 1. The second-order valence-electron chi connectivity index (χ2n) is 8.04. The van der Waals surface area contributed by atoms with E-state index in [1.54, 1.807) is 0 Å². The third kappa shape index (κ3) is 4.43. The monoisotopic (exact) mass is 386 g/mol. The summed E-state index contributed by atoms with van der Waals surface area (Å²) in [7, 11) is 0. The first-order valence-corrected chi connectivity index (χ1v) is 10.2. The van der Waals surface area contributed by atoms with Crippen LogP contribution in [-0.2, 0) is 13.0 Å². The smallest absolute Gasteiger partial charge is 0.274 e. The first-order chi connectivity index (χ1) is 13.4. The van der Waals surface area contributed by atoms with Crippen molar-refractivity contribution in [2.24, 2.45) is 5.92 Å². The van der Waals surface area contributed by atoms with Crippen LogP contribution in [0, 0.1) is 18.7 Å². The summed E-state index contributed by atoms with van der Waals surface area (Å²) < 4.78 is 13.2. The molecule has 1 aliphatic heterocycles. The topological polar surface area (TPSA) is 52.2 Å². The molecule has 0 spiro atoms. The second kappa shape index (κ2) is 8.86. The van der Waals surface area contributed by atoms with Crippen molar-refractivity contribution < 1.29 is 9.18 Å². The number of H-pyrrole nitrogens is 1. The lowest BCUT2D eigenvalue weighted by Crippen LogP contribution is -2.45. The standard InChI is InChI=1S/C22H31FN4O/c1-5-19-16(4)21(25-24-19)22(28)27-12-6-11-26(20(14-27)15(2)3)13-17-7-9-18(23)10-8-17/h7-10,15,20H,5-6,11-14H2,1-4H3,(H,24,25). The van der Waals surface area contributed by atoms with Crippen LogP contribution in [0.4, 0.5) is 4.39 Å². The van der Waals surface area contributed by atoms with Crippen molar-refractivity contribution in [2.45, 2.75) is 53.1 Å². The molecule has 1 N–H and O–H groups in total. The number of nitrogens with zero attached hydrogens (tertiary/aromatic N) is 3. The molecule has 0 aliphatic carbocycles. The van der Waals surface area contributed by atoms with E-state index in [0.717, 1.165) is 49.3 Å². The highest BCUT2D eigenvalue weighted by Gasteiger charge is 2.31. The molecule has 2 heterocycles. The molecule has 1 atom stereocenters. The van der Waals surface area contributed by atoms with Gasteiger partial charge in [0.15, 0.2) is 5.69 Å². The summed E-state index contributed by atoms with van der Waals surface area (Å²) in [6, 6.07) is 6.97. The molecule has 1 aromatic carbocycles. The minimum Gasteiger partial charge on any atom is -0.336 e. The highest BCUT2D eigenvalue weighted by atomic mass is 19.1. The van der Waals surface area contributed by atoms with E-state index in [0.29, 0.717) is 18.2 Å². The Hall–Kier alpha value is -2.21. The summed E-state index contributed by atoms with van der Waals surface area (Å²) in [6.07, 6.45) is 1.76. The van der Waals surface area contributed by atoms with Crippen molar-refractivity contribution >= 4 is 5.91 Å². The Bertz CT molecular complexity index is 799. The number of halogens is 1. The highest BCUT2D eigenvalue weighted by Crippen LogP contribution is 2.22. The number of hydrogen-bond acceptors (Lipinski definition) is 3.